The molecule has 1 aromatic carbocycles. The number of amides is 1. The van der Waals surface area contributed by atoms with E-state index in [9.17, 15) is 13.2 Å². The van der Waals surface area contributed by atoms with E-state index in [4.69, 9.17) is 23.2 Å². The first-order valence-corrected chi connectivity index (χ1v) is 10.3. The summed E-state index contributed by atoms with van der Waals surface area (Å²) in [6.45, 7) is 0. The summed E-state index contributed by atoms with van der Waals surface area (Å²) in [5.41, 5.74) is 0.462. The van der Waals surface area contributed by atoms with E-state index < -0.39 is 15.6 Å². The van der Waals surface area contributed by atoms with Crippen LogP contribution in [0.2, 0.25) is 10.0 Å². The lowest BCUT2D eigenvalue weighted by molar-refractivity contribution is -0.129. The number of carbonyl (C=O) groups is 1. The van der Waals surface area contributed by atoms with Gasteiger partial charge in [0.1, 0.15) is 5.75 Å². The molecule has 0 N–H and O–H groups in total. The summed E-state index contributed by atoms with van der Waals surface area (Å²) in [6, 6.07) is 4.83. The van der Waals surface area contributed by atoms with Crippen molar-refractivity contribution in [3.05, 3.63) is 33.8 Å². The van der Waals surface area contributed by atoms with Crippen molar-refractivity contribution in [3.63, 3.8) is 0 Å². The van der Waals surface area contributed by atoms with E-state index in [-0.39, 0.29) is 17.7 Å². The number of halogens is 2. The number of rotatable bonds is 5. The number of hydrogen-bond donors (Lipinski definition) is 0. The van der Waals surface area contributed by atoms with E-state index in [2.05, 4.69) is 0 Å². The fourth-order valence-corrected chi connectivity index (χ4v) is 4.85. The van der Waals surface area contributed by atoms with Crippen molar-refractivity contribution in [2.45, 2.75) is 43.9 Å². The van der Waals surface area contributed by atoms with Gasteiger partial charge in [0.05, 0.1) is 5.75 Å². The molecule has 1 aliphatic carbocycles. The topological polar surface area (TPSA) is 54.5 Å². The first kappa shape index (κ1) is 18.6. The Hall–Kier alpha value is -0.780. The molecular formula is C16H21Cl2NO3S. The van der Waals surface area contributed by atoms with Gasteiger partial charge in [-0.05, 0) is 30.5 Å². The molecule has 0 unspecified atom stereocenters. The molecule has 23 heavy (non-hydrogen) atoms. The summed E-state index contributed by atoms with van der Waals surface area (Å²) in [5.74, 6) is -1.09. The maximum absolute atomic E-state index is 12.3. The third kappa shape index (κ3) is 5.37. The lowest BCUT2D eigenvalue weighted by Gasteiger charge is -2.31. The van der Waals surface area contributed by atoms with E-state index in [0.29, 0.717) is 15.6 Å². The molecule has 1 fully saturated rings. The van der Waals surface area contributed by atoms with Gasteiger partial charge in [0.2, 0.25) is 5.91 Å². The summed E-state index contributed by atoms with van der Waals surface area (Å²) < 4.78 is 24.6. The normalized spacial score (nSPS) is 16.3. The predicted octanol–water partition coefficient (Wildman–Crippen LogP) is 3.70. The van der Waals surface area contributed by atoms with Crippen molar-refractivity contribution in [1.29, 1.82) is 0 Å². The molecule has 0 bridgehead atoms. The van der Waals surface area contributed by atoms with Crippen molar-refractivity contribution >= 4 is 38.9 Å². The monoisotopic (exact) mass is 377 g/mol. The lowest BCUT2D eigenvalue weighted by atomic mass is 9.94. The molecule has 2 rings (SSSR count). The van der Waals surface area contributed by atoms with Gasteiger partial charge in [-0.2, -0.15) is 0 Å². The second-order valence-corrected chi connectivity index (χ2v) is 8.97. The highest BCUT2D eigenvalue weighted by molar-refractivity contribution is 7.91. The van der Waals surface area contributed by atoms with Crippen LogP contribution in [0.25, 0.3) is 0 Å². The van der Waals surface area contributed by atoms with Crippen LogP contribution in [0.5, 0.6) is 0 Å². The second-order valence-electron chi connectivity index (χ2n) is 6.06. The molecule has 0 radical (unpaired) electrons. The van der Waals surface area contributed by atoms with E-state index in [1.807, 2.05) is 0 Å². The van der Waals surface area contributed by atoms with Crippen molar-refractivity contribution < 1.29 is 13.2 Å². The highest BCUT2D eigenvalue weighted by Crippen LogP contribution is 2.24. The number of hydrogen-bond acceptors (Lipinski definition) is 3. The molecule has 1 aromatic rings. The predicted molar refractivity (Wildman–Crippen MR) is 93.6 cm³/mol. The fourth-order valence-electron chi connectivity index (χ4n) is 2.89. The Morgan fingerprint density at radius 3 is 2.48 bits per heavy atom. The van der Waals surface area contributed by atoms with Gasteiger partial charge in [0, 0.05) is 23.1 Å². The second kappa shape index (κ2) is 7.86. The van der Waals surface area contributed by atoms with Crippen molar-refractivity contribution in [2.75, 3.05) is 12.8 Å². The Kier molecular flexibility index (Phi) is 6.34. The first-order chi connectivity index (χ1) is 10.8. The van der Waals surface area contributed by atoms with Gasteiger partial charge in [-0.25, -0.2) is 8.42 Å². The Morgan fingerprint density at radius 1 is 1.22 bits per heavy atom. The average Bonchev–Trinajstić information content (AvgIpc) is 2.49. The molecule has 7 heteroatoms. The minimum absolute atomic E-state index is 0.158. The van der Waals surface area contributed by atoms with Gasteiger partial charge >= 0.3 is 0 Å². The molecule has 4 nitrogen and oxygen atoms in total. The molecule has 0 heterocycles. The molecule has 0 saturated heterocycles. The lowest BCUT2D eigenvalue weighted by Crippen LogP contribution is -2.41. The zero-order valence-electron chi connectivity index (χ0n) is 13.1. The van der Waals surface area contributed by atoms with Crippen LogP contribution < -0.4 is 0 Å². The number of nitrogens with zero attached hydrogens (tertiary/aromatic N) is 1. The van der Waals surface area contributed by atoms with Gasteiger partial charge in [-0.3, -0.25) is 4.79 Å². The maximum atomic E-state index is 12.3. The van der Waals surface area contributed by atoms with E-state index in [1.54, 1.807) is 24.1 Å². The van der Waals surface area contributed by atoms with Crippen LogP contribution in [0.1, 0.15) is 37.7 Å². The average molecular weight is 378 g/mol. The summed E-state index contributed by atoms with van der Waals surface area (Å²) in [4.78, 5) is 13.9. The van der Waals surface area contributed by atoms with Crippen LogP contribution in [0, 0.1) is 0 Å². The number of carbonyl (C=O) groups excluding carboxylic acids is 1. The third-order valence-electron chi connectivity index (χ3n) is 4.25. The molecule has 0 atom stereocenters. The molecule has 1 amide bonds. The van der Waals surface area contributed by atoms with Crippen molar-refractivity contribution in [3.8, 4) is 0 Å². The third-order valence-corrected chi connectivity index (χ3v) is 6.27. The van der Waals surface area contributed by atoms with Gasteiger partial charge in [0.25, 0.3) is 0 Å². The zero-order chi connectivity index (χ0) is 17.0. The van der Waals surface area contributed by atoms with Crippen LogP contribution in [0.15, 0.2) is 18.2 Å². The molecule has 0 aliphatic heterocycles. The Morgan fingerprint density at radius 2 is 1.87 bits per heavy atom. The van der Waals surface area contributed by atoms with Crippen molar-refractivity contribution in [1.82, 2.24) is 4.90 Å². The highest BCUT2D eigenvalue weighted by Gasteiger charge is 2.26. The van der Waals surface area contributed by atoms with Gasteiger partial charge in [-0.1, -0.05) is 48.5 Å². The molecule has 0 aromatic heterocycles. The maximum Gasteiger partial charge on any atom is 0.237 e. The van der Waals surface area contributed by atoms with Gasteiger partial charge in [0.15, 0.2) is 9.84 Å². The molecular weight excluding hydrogens is 357 g/mol. The van der Waals surface area contributed by atoms with Crippen LogP contribution in [0.4, 0.5) is 0 Å². The molecule has 128 valence electrons. The number of benzene rings is 1. The summed E-state index contributed by atoms with van der Waals surface area (Å²) >= 11 is 11.8. The molecule has 0 spiro atoms. The standard InChI is InChI=1S/C16H21Cl2NO3S/c1-19(14-5-3-2-4-6-14)16(20)11-23(21,22)10-12-7-8-13(17)9-15(12)18/h7-9,14H,2-6,10-11H2,1H3. The van der Waals surface area contributed by atoms with E-state index in [0.717, 1.165) is 25.7 Å². The summed E-state index contributed by atoms with van der Waals surface area (Å²) in [7, 11) is -1.87. The minimum Gasteiger partial charge on any atom is -0.342 e. The van der Waals surface area contributed by atoms with Crippen LogP contribution >= 0.6 is 23.2 Å². The van der Waals surface area contributed by atoms with Gasteiger partial charge < -0.3 is 4.90 Å². The fraction of sp³-hybridized carbons (Fsp3) is 0.562. The quantitative estimate of drug-likeness (QED) is 0.785. The number of sulfone groups is 1. The van der Waals surface area contributed by atoms with Crippen LogP contribution in [-0.2, 0) is 20.4 Å². The van der Waals surface area contributed by atoms with Gasteiger partial charge in [-0.15, -0.1) is 0 Å². The highest BCUT2D eigenvalue weighted by atomic mass is 35.5. The Labute approximate surface area is 147 Å². The smallest absolute Gasteiger partial charge is 0.237 e. The van der Waals surface area contributed by atoms with Crippen LogP contribution in [-0.4, -0.2) is 38.1 Å². The van der Waals surface area contributed by atoms with Crippen LogP contribution in [0.3, 0.4) is 0 Å². The Bertz CT molecular complexity index is 670. The molecule has 1 saturated carbocycles. The van der Waals surface area contributed by atoms with E-state index in [1.165, 1.54) is 12.5 Å². The SMILES string of the molecule is CN(C(=O)CS(=O)(=O)Cc1ccc(Cl)cc1Cl)C1CCCCC1. The Balaban J connectivity index is 2.00. The van der Waals surface area contributed by atoms with Crippen molar-refractivity contribution in [2.24, 2.45) is 0 Å². The first-order valence-electron chi connectivity index (χ1n) is 7.68. The summed E-state index contributed by atoms with van der Waals surface area (Å²) in [6.07, 6.45) is 5.27. The molecule has 1 aliphatic rings. The van der Waals surface area contributed by atoms with E-state index >= 15 is 0 Å². The minimum atomic E-state index is -3.57. The largest absolute Gasteiger partial charge is 0.342 e. The zero-order valence-corrected chi connectivity index (χ0v) is 15.4. The summed E-state index contributed by atoms with van der Waals surface area (Å²) in [5, 5.41) is 0.749.